The molecule has 6 nitrogen and oxygen atoms in total. The molecule has 3 aromatic carbocycles. The summed E-state index contributed by atoms with van der Waals surface area (Å²) in [6.45, 7) is 0. The van der Waals surface area contributed by atoms with Gasteiger partial charge < -0.3 is 14.6 Å². The van der Waals surface area contributed by atoms with Crippen molar-refractivity contribution in [1.82, 2.24) is 0 Å². The molecule has 3 aromatic rings. The van der Waals surface area contributed by atoms with Gasteiger partial charge in [0.2, 0.25) is 0 Å². The van der Waals surface area contributed by atoms with Gasteiger partial charge in [0.05, 0.1) is 36.4 Å². The van der Waals surface area contributed by atoms with Gasteiger partial charge in [-0.15, -0.1) is 0 Å². The molecule has 1 saturated heterocycles. The van der Waals surface area contributed by atoms with E-state index >= 15 is 0 Å². The summed E-state index contributed by atoms with van der Waals surface area (Å²) in [6, 6.07) is 13.5. The minimum absolute atomic E-state index is 0.0972. The van der Waals surface area contributed by atoms with Crippen molar-refractivity contribution in [2.24, 2.45) is 0 Å². The molecule has 0 bridgehead atoms. The molecule has 1 unspecified atom stereocenters. The summed E-state index contributed by atoms with van der Waals surface area (Å²) in [5, 5.41) is 12.0. The second-order valence-corrected chi connectivity index (χ2v) is 8.23. The van der Waals surface area contributed by atoms with Gasteiger partial charge in [-0.1, -0.05) is 41.4 Å². The van der Waals surface area contributed by atoms with Gasteiger partial charge in [-0.2, -0.15) is 0 Å². The van der Waals surface area contributed by atoms with E-state index in [4.69, 9.17) is 32.7 Å². The molecule has 1 atom stereocenters. The number of ether oxygens (including phenoxy) is 2. The topological polar surface area (TPSA) is 76.1 Å². The standard InChI is InChI=1S/C25H18Cl2FNO5/c1-33-19-12-18(27)20(34-2)11-17(19)23(30)21-22(13-6-8-14(26)9-7-13)29(25(32)24(21)31)16-5-3-4-15(28)10-16/h3-12,22,30H,1-2H3/b23-21+. The Labute approximate surface area is 204 Å². The molecular formula is C25H18Cl2FNO5. The average molecular weight is 502 g/mol. The number of hydrogen-bond acceptors (Lipinski definition) is 5. The van der Waals surface area contributed by atoms with E-state index < -0.39 is 29.3 Å². The molecular weight excluding hydrogens is 484 g/mol. The lowest BCUT2D eigenvalue weighted by atomic mass is 9.94. The molecule has 1 fully saturated rings. The van der Waals surface area contributed by atoms with Crippen molar-refractivity contribution in [3.8, 4) is 11.5 Å². The van der Waals surface area contributed by atoms with Crippen molar-refractivity contribution in [2.75, 3.05) is 19.1 Å². The SMILES string of the molecule is COc1cc(/C(O)=C2\C(=O)C(=O)N(c3cccc(F)c3)C2c2ccc(Cl)cc2)c(OC)cc1Cl. The summed E-state index contributed by atoms with van der Waals surface area (Å²) in [5.41, 5.74) is 0.523. The fourth-order valence-electron chi connectivity index (χ4n) is 3.88. The fourth-order valence-corrected chi connectivity index (χ4v) is 4.23. The Balaban J connectivity index is 2.00. The van der Waals surface area contributed by atoms with Gasteiger partial charge in [0.25, 0.3) is 11.7 Å². The largest absolute Gasteiger partial charge is 0.507 e. The predicted molar refractivity (Wildman–Crippen MR) is 127 cm³/mol. The van der Waals surface area contributed by atoms with Gasteiger partial charge in [0.15, 0.2) is 0 Å². The molecule has 4 rings (SSSR count). The van der Waals surface area contributed by atoms with Crippen LogP contribution in [0, 0.1) is 5.82 Å². The molecule has 174 valence electrons. The summed E-state index contributed by atoms with van der Waals surface area (Å²) in [6.07, 6.45) is 0. The number of benzene rings is 3. The second kappa shape index (κ2) is 9.37. The molecule has 0 spiro atoms. The van der Waals surface area contributed by atoms with Crippen molar-refractivity contribution >= 4 is 46.3 Å². The highest BCUT2D eigenvalue weighted by Crippen LogP contribution is 2.45. The van der Waals surface area contributed by atoms with Crippen LogP contribution in [0.5, 0.6) is 11.5 Å². The highest BCUT2D eigenvalue weighted by molar-refractivity contribution is 6.51. The lowest BCUT2D eigenvalue weighted by Gasteiger charge is -2.25. The van der Waals surface area contributed by atoms with Crippen molar-refractivity contribution in [3.05, 3.63) is 93.2 Å². The van der Waals surface area contributed by atoms with Crippen LogP contribution in [-0.4, -0.2) is 31.0 Å². The van der Waals surface area contributed by atoms with Gasteiger partial charge >= 0.3 is 0 Å². The molecule has 0 saturated carbocycles. The fraction of sp³-hybridized carbons (Fsp3) is 0.120. The lowest BCUT2D eigenvalue weighted by molar-refractivity contribution is -0.132. The van der Waals surface area contributed by atoms with Crippen LogP contribution in [0.15, 0.2) is 66.2 Å². The van der Waals surface area contributed by atoms with E-state index in [9.17, 15) is 19.1 Å². The molecule has 34 heavy (non-hydrogen) atoms. The van der Waals surface area contributed by atoms with Gasteiger partial charge in [0, 0.05) is 16.8 Å². The maximum absolute atomic E-state index is 14.0. The Bertz CT molecular complexity index is 1320. The van der Waals surface area contributed by atoms with Crippen LogP contribution in [0.25, 0.3) is 5.76 Å². The summed E-state index contributed by atoms with van der Waals surface area (Å²) in [5.74, 6) is -2.56. The summed E-state index contributed by atoms with van der Waals surface area (Å²) in [4.78, 5) is 27.5. The van der Waals surface area contributed by atoms with Crippen LogP contribution in [0.1, 0.15) is 17.2 Å². The number of rotatable bonds is 5. The monoisotopic (exact) mass is 501 g/mol. The van der Waals surface area contributed by atoms with Gasteiger partial charge in [-0.3, -0.25) is 14.5 Å². The van der Waals surface area contributed by atoms with E-state index in [-0.39, 0.29) is 33.3 Å². The van der Waals surface area contributed by atoms with Crippen LogP contribution in [0.4, 0.5) is 10.1 Å². The van der Waals surface area contributed by atoms with Crippen molar-refractivity contribution in [3.63, 3.8) is 0 Å². The second-order valence-electron chi connectivity index (χ2n) is 7.39. The first-order valence-corrected chi connectivity index (χ1v) is 10.8. The van der Waals surface area contributed by atoms with E-state index in [1.54, 1.807) is 24.3 Å². The minimum atomic E-state index is -1.06. The number of hydrogen-bond donors (Lipinski definition) is 1. The summed E-state index contributed by atoms with van der Waals surface area (Å²) in [7, 11) is 2.77. The number of carbonyl (C=O) groups is 2. The van der Waals surface area contributed by atoms with Crippen LogP contribution >= 0.6 is 23.2 Å². The molecule has 1 aliphatic heterocycles. The van der Waals surface area contributed by atoms with Gasteiger partial charge in [-0.25, -0.2) is 4.39 Å². The molecule has 0 aliphatic carbocycles. The predicted octanol–water partition coefficient (Wildman–Crippen LogP) is 5.78. The molecule has 0 radical (unpaired) electrons. The summed E-state index contributed by atoms with van der Waals surface area (Å²) < 4.78 is 24.6. The molecule has 9 heteroatoms. The van der Waals surface area contributed by atoms with Crippen LogP contribution in [0.2, 0.25) is 10.0 Å². The minimum Gasteiger partial charge on any atom is -0.507 e. The Morgan fingerprint density at radius 2 is 1.65 bits per heavy atom. The van der Waals surface area contributed by atoms with E-state index in [0.29, 0.717) is 10.6 Å². The number of aliphatic hydroxyl groups is 1. The van der Waals surface area contributed by atoms with Crippen LogP contribution in [0.3, 0.4) is 0 Å². The Morgan fingerprint density at radius 1 is 0.971 bits per heavy atom. The first kappa shape index (κ1) is 23.6. The highest BCUT2D eigenvalue weighted by Gasteiger charge is 2.47. The molecule has 1 N–H and O–H groups in total. The van der Waals surface area contributed by atoms with Crippen LogP contribution in [-0.2, 0) is 9.59 Å². The van der Waals surface area contributed by atoms with Gasteiger partial charge in [0.1, 0.15) is 23.1 Å². The average Bonchev–Trinajstić information content (AvgIpc) is 3.09. The Morgan fingerprint density at radius 3 is 2.26 bits per heavy atom. The van der Waals surface area contributed by atoms with E-state index in [1.165, 1.54) is 44.6 Å². The van der Waals surface area contributed by atoms with E-state index in [1.807, 2.05) is 0 Å². The Kier molecular flexibility index (Phi) is 6.50. The first-order valence-electron chi connectivity index (χ1n) is 10.0. The summed E-state index contributed by atoms with van der Waals surface area (Å²) >= 11 is 12.2. The molecule has 1 heterocycles. The van der Waals surface area contributed by atoms with Crippen molar-refractivity contribution in [2.45, 2.75) is 6.04 Å². The van der Waals surface area contributed by atoms with Crippen molar-refractivity contribution < 1.29 is 28.6 Å². The third-order valence-electron chi connectivity index (χ3n) is 5.45. The number of aliphatic hydroxyl groups excluding tert-OH is 1. The number of methoxy groups -OCH3 is 2. The third-order valence-corrected chi connectivity index (χ3v) is 5.99. The zero-order chi connectivity index (χ0) is 24.6. The molecule has 1 aliphatic rings. The maximum atomic E-state index is 14.0. The third kappa shape index (κ3) is 4.08. The number of Topliss-reactive ketones (excluding diaryl/α,β-unsaturated/α-hetero) is 1. The molecule has 1 amide bonds. The number of anilines is 1. The smallest absolute Gasteiger partial charge is 0.300 e. The van der Waals surface area contributed by atoms with Crippen LogP contribution < -0.4 is 14.4 Å². The Hall–Kier alpha value is -3.55. The lowest BCUT2D eigenvalue weighted by Crippen LogP contribution is -2.29. The zero-order valence-corrected chi connectivity index (χ0v) is 19.5. The molecule has 0 aromatic heterocycles. The zero-order valence-electron chi connectivity index (χ0n) is 18.0. The first-order chi connectivity index (χ1) is 16.3. The quantitative estimate of drug-likeness (QED) is 0.272. The number of halogens is 3. The van der Waals surface area contributed by atoms with E-state index in [0.717, 1.165) is 11.0 Å². The normalized spacial score (nSPS) is 17.2. The number of amides is 1. The number of ketones is 1. The maximum Gasteiger partial charge on any atom is 0.300 e. The number of nitrogens with zero attached hydrogens (tertiary/aromatic N) is 1. The van der Waals surface area contributed by atoms with E-state index in [2.05, 4.69) is 0 Å². The van der Waals surface area contributed by atoms with Gasteiger partial charge in [-0.05, 0) is 42.0 Å². The number of carbonyl (C=O) groups excluding carboxylic acids is 2. The highest BCUT2D eigenvalue weighted by atomic mass is 35.5. The van der Waals surface area contributed by atoms with Crippen molar-refractivity contribution in [1.29, 1.82) is 0 Å².